The van der Waals surface area contributed by atoms with Gasteiger partial charge < -0.3 is 10.4 Å². The van der Waals surface area contributed by atoms with E-state index in [4.69, 9.17) is 0 Å². The molecule has 1 aromatic heterocycles. The summed E-state index contributed by atoms with van der Waals surface area (Å²) in [7, 11) is 0. The molecule has 0 amide bonds. The van der Waals surface area contributed by atoms with E-state index in [2.05, 4.69) is 10.4 Å². The van der Waals surface area contributed by atoms with Crippen molar-refractivity contribution < 1.29 is 10.0 Å². The number of hydrogen-bond acceptors (Lipinski definition) is 5. The highest BCUT2D eigenvalue weighted by Gasteiger charge is 2.30. The van der Waals surface area contributed by atoms with Gasteiger partial charge in [-0.3, -0.25) is 10.1 Å². The third-order valence-corrected chi connectivity index (χ3v) is 4.19. The van der Waals surface area contributed by atoms with Crippen LogP contribution in [-0.4, -0.2) is 33.0 Å². The predicted molar refractivity (Wildman–Crippen MR) is 82.6 cm³/mol. The Morgan fingerprint density at radius 3 is 2.38 bits per heavy atom. The fourth-order valence-corrected chi connectivity index (χ4v) is 2.35. The number of nitrogens with one attached hydrogen (secondary N) is 1. The van der Waals surface area contributed by atoms with Crippen LogP contribution < -0.4 is 5.32 Å². The lowest BCUT2D eigenvalue weighted by Gasteiger charge is -2.30. The minimum Gasteiger partial charge on any atom is -0.396 e. The number of rotatable bonds is 8. The SMILES string of the molecule is CCC(CC)(CO)CNc1c([N+](=O)[O-])c(C)nn1C(C)C. The Labute approximate surface area is 125 Å². The summed E-state index contributed by atoms with van der Waals surface area (Å²) in [5.74, 6) is 0.423. The normalized spacial score (nSPS) is 12.0. The number of aryl methyl sites for hydroxylation is 1. The third-order valence-electron chi connectivity index (χ3n) is 4.19. The molecule has 0 unspecified atom stereocenters. The molecule has 0 aliphatic rings. The zero-order valence-corrected chi connectivity index (χ0v) is 13.5. The minimum absolute atomic E-state index is 0.0164. The number of nitro groups is 1. The van der Waals surface area contributed by atoms with Gasteiger partial charge in [0.1, 0.15) is 5.69 Å². The predicted octanol–water partition coefficient (Wildman–Crippen LogP) is 2.89. The third kappa shape index (κ3) is 3.53. The first-order chi connectivity index (χ1) is 9.81. The van der Waals surface area contributed by atoms with E-state index in [1.807, 2.05) is 27.7 Å². The molecule has 7 heteroatoms. The molecule has 120 valence electrons. The highest BCUT2D eigenvalue weighted by molar-refractivity contribution is 5.59. The van der Waals surface area contributed by atoms with Crippen molar-refractivity contribution in [3.63, 3.8) is 0 Å². The molecule has 0 radical (unpaired) electrons. The van der Waals surface area contributed by atoms with Gasteiger partial charge in [-0.25, -0.2) is 4.68 Å². The van der Waals surface area contributed by atoms with Crippen LogP contribution in [0.15, 0.2) is 0 Å². The zero-order valence-electron chi connectivity index (χ0n) is 13.5. The maximum absolute atomic E-state index is 11.3. The molecule has 0 saturated heterocycles. The highest BCUT2D eigenvalue weighted by atomic mass is 16.6. The Morgan fingerprint density at radius 2 is 2.00 bits per heavy atom. The Balaban J connectivity index is 3.14. The molecule has 21 heavy (non-hydrogen) atoms. The summed E-state index contributed by atoms with van der Waals surface area (Å²) in [5.41, 5.74) is 0.148. The Bertz CT molecular complexity index is 484. The van der Waals surface area contributed by atoms with Gasteiger partial charge in [-0.15, -0.1) is 0 Å². The summed E-state index contributed by atoms with van der Waals surface area (Å²) in [5, 5.41) is 28.3. The molecular weight excluding hydrogens is 272 g/mol. The van der Waals surface area contributed by atoms with Crippen LogP contribution in [0.3, 0.4) is 0 Å². The van der Waals surface area contributed by atoms with E-state index < -0.39 is 4.92 Å². The van der Waals surface area contributed by atoms with Gasteiger partial charge in [0.15, 0.2) is 0 Å². The lowest BCUT2D eigenvalue weighted by Crippen LogP contribution is -2.33. The number of nitrogens with zero attached hydrogens (tertiary/aromatic N) is 3. The first kappa shape index (κ1) is 17.4. The number of aromatic nitrogens is 2. The second-order valence-electron chi connectivity index (χ2n) is 5.80. The van der Waals surface area contributed by atoms with Crippen LogP contribution in [0.25, 0.3) is 0 Å². The van der Waals surface area contributed by atoms with Gasteiger partial charge in [-0.2, -0.15) is 5.10 Å². The quantitative estimate of drug-likeness (QED) is 0.568. The molecule has 0 bridgehead atoms. The topological polar surface area (TPSA) is 93.2 Å². The molecule has 0 aromatic carbocycles. The van der Waals surface area contributed by atoms with Crippen LogP contribution in [-0.2, 0) is 0 Å². The minimum atomic E-state index is -0.401. The van der Waals surface area contributed by atoms with Gasteiger partial charge in [0.25, 0.3) is 0 Å². The molecular formula is C14H26N4O3. The Morgan fingerprint density at radius 1 is 1.43 bits per heavy atom. The molecule has 1 aromatic rings. The van der Waals surface area contributed by atoms with E-state index in [9.17, 15) is 15.2 Å². The van der Waals surface area contributed by atoms with Crippen LogP contribution in [0.4, 0.5) is 11.5 Å². The van der Waals surface area contributed by atoms with Crippen LogP contribution in [0, 0.1) is 22.5 Å². The first-order valence-electron chi connectivity index (χ1n) is 7.40. The number of hydrogen-bond donors (Lipinski definition) is 2. The van der Waals surface area contributed by atoms with Crippen molar-refractivity contribution in [3.05, 3.63) is 15.8 Å². The second-order valence-corrected chi connectivity index (χ2v) is 5.80. The fraction of sp³-hybridized carbons (Fsp3) is 0.786. The Kier molecular flexibility index (Phi) is 5.71. The summed E-state index contributed by atoms with van der Waals surface area (Å²) in [6.45, 7) is 10.1. The van der Waals surface area contributed by atoms with E-state index >= 15 is 0 Å². The van der Waals surface area contributed by atoms with Crippen molar-refractivity contribution in [2.75, 3.05) is 18.5 Å². The van der Waals surface area contributed by atoms with E-state index in [1.165, 1.54) is 0 Å². The standard InChI is InChI=1S/C14H26N4O3/c1-6-14(7-2,9-19)8-15-13-12(18(20)21)11(5)16-17(13)10(3)4/h10,15,19H,6-9H2,1-5H3. The van der Waals surface area contributed by atoms with Crippen molar-refractivity contribution in [3.8, 4) is 0 Å². The Hall–Kier alpha value is -1.63. The van der Waals surface area contributed by atoms with Gasteiger partial charge in [0.2, 0.25) is 5.82 Å². The maximum atomic E-state index is 11.3. The highest BCUT2D eigenvalue weighted by Crippen LogP contribution is 2.33. The van der Waals surface area contributed by atoms with E-state index in [0.717, 1.165) is 12.8 Å². The second kappa shape index (κ2) is 6.89. The molecule has 0 aliphatic heterocycles. The van der Waals surface area contributed by atoms with Crippen molar-refractivity contribution in [1.29, 1.82) is 0 Å². The van der Waals surface area contributed by atoms with E-state index in [0.29, 0.717) is 18.1 Å². The van der Waals surface area contributed by atoms with Crippen LogP contribution >= 0.6 is 0 Å². The average Bonchev–Trinajstić information content (AvgIpc) is 2.78. The average molecular weight is 298 g/mol. The van der Waals surface area contributed by atoms with Crippen molar-refractivity contribution >= 4 is 11.5 Å². The molecule has 0 saturated carbocycles. The summed E-state index contributed by atoms with van der Waals surface area (Å²) < 4.78 is 1.64. The molecule has 0 aliphatic carbocycles. The van der Waals surface area contributed by atoms with Gasteiger partial charge in [0, 0.05) is 18.0 Å². The number of anilines is 1. The molecule has 0 fully saturated rings. The summed E-state index contributed by atoms with van der Waals surface area (Å²) in [6.07, 6.45) is 1.60. The maximum Gasteiger partial charge on any atom is 0.333 e. The van der Waals surface area contributed by atoms with E-state index in [-0.39, 0.29) is 23.8 Å². The van der Waals surface area contributed by atoms with Gasteiger partial charge in [0.05, 0.1) is 11.5 Å². The lowest BCUT2D eigenvalue weighted by atomic mass is 9.83. The smallest absolute Gasteiger partial charge is 0.333 e. The van der Waals surface area contributed by atoms with E-state index in [1.54, 1.807) is 11.6 Å². The van der Waals surface area contributed by atoms with Crippen molar-refractivity contribution in [1.82, 2.24) is 9.78 Å². The molecule has 1 heterocycles. The van der Waals surface area contributed by atoms with Crippen LogP contribution in [0.1, 0.15) is 52.3 Å². The van der Waals surface area contributed by atoms with Gasteiger partial charge >= 0.3 is 5.69 Å². The van der Waals surface area contributed by atoms with Gasteiger partial charge in [-0.05, 0) is 33.6 Å². The zero-order chi connectivity index (χ0) is 16.2. The van der Waals surface area contributed by atoms with Crippen LogP contribution in [0.5, 0.6) is 0 Å². The van der Waals surface area contributed by atoms with Crippen LogP contribution in [0.2, 0.25) is 0 Å². The fourth-order valence-electron chi connectivity index (χ4n) is 2.35. The summed E-state index contributed by atoms with van der Waals surface area (Å²) in [4.78, 5) is 10.9. The monoisotopic (exact) mass is 298 g/mol. The van der Waals surface area contributed by atoms with Gasteiger partial charge in [-0.1, -0.05) is 13.8 Å². The number of aliphatic hydroxyl groups is 1. The molecule has 0 atom stereocenters. The molecule has 1 rings (SSSR count). The van der Waals surface area contributed by atoms with Crippen molar-refractivity contribution in [2.24, 2.45) is 5.41 Å². The molecule has 7 nitrogen and oxygen atoms in total. The lowest BCUT2D eigenvalue weighted by molar-refractivity contribution is -0.384. The first-order valence-corrected chi connectivity index (χ1v) is 7.40. The summed E-state index contributed by atoms with van der Waals surface area (Å²) >= 11 is 0. The molecule has 0 spiro atoms. The number of aliphatic hydroxyl groups excluding tert-OH is 1. The molecule has 2 N–H and O–H groups in total. The van der Waals surface area contributed by atoms with Crippen molar-refractivity contribution in [2.45, 2.75) is 53.5 Å². The largest absolute Gasteiger partial charge is 0.396 e. The summed E-state index contributed by atoms with van der Waals surface area (Å²) in [6, 6.07) is 0.0201.